The number of benzene rings is 3. The topological polar surface area (TPSA) is 71.5 Å². The Morgan fingerprint density at radius 3 is 2.35 bits per heavy atom. The van der Waals surface area contributed by atoms with E-state index in [4.69, 9.17) is 14.2 Å². The number of rotatable bonds is 10. The molecule has 0 unspecified atom stereocenters. The maximum absolute atomic E-state index is 13.5. The molecule has 2 atom stereocenters. The molecule has 8 heteroatoms. The van der Waals surface area contributed by atoms with Crippen LogP contribution in [0.4, 0.5) is 5.69 Å². The van der Waals surface area contributed by atoms with Gasteiger partial charge in [-0.1, -0.05) is 30.3 Å². The van der Waals surface area contributed by atoms with Crippen LogP contribution in [0.25, 0.3) is 0 Å². The van der Waals surface area contributed by atoms with Gasteiger partial charge in [0.1, 0.15) is 11.9 Å². The fourth-order valence-corrected chi connectivity index (χ4v) is 5.67. The summed E-state index contributed by atoms with van der Waals surface area (Å²) in [6.45, 7) is 1.95. The molecular formula is C29H34N2O5S. The first kappa shape index (κ1) is 26.9. The number of hydrogen-bond donors (Lipinski definition) is 1. The van der Waals surface area contributed by atoms with Gasteiger partial charge >= 0.3 is 0 Å². The third-order valence-electron chi connectivity index (χ3n) is 6.60. The van der Waals surface area contributed by atoms with Crippen molar-refractivity contribution in [3.05, 3.63) is 77.9 Å². The standard InChI is InChI=1S/C29H34N2O5S/c1-30(16-15-20-9-14-24(35-3)25(19-20)36-4)17-18-31-23-7-5-6-8-26(23)37-28(27(32)29(31)33)21-10-12-22(34-2)13-11-21/h5-14,19,27-28,32H,15-18H2,1-4H3/t27-,28+/m1/s1. The molecule has 37 heavy (non-hydrogen) atoms. The molecule has 196 valence electrons. The van der Waals surface area contributed by atoms with E-state index >= 15 is 0 Å². The third kappa shape index (κ3) is 6.21. The Morgan fingerprint density at radius 2 is 1.65 bits per heavy atom. The number of fused-ring (bicyclic) bond motifs is 1. The zero-order valence-electron chi connectivity index (χ0n) is 21.7. The van der Waals surface area contributed by atoms with E-state index < -0.39 is 11.4 Å². The molecular weight excluding hydrogens is 488 g/mol. The van der Waals surface area contributed by atoms with Crippen molar-refractivity contribution < 1.29 is 24.1 Å². The minimum absolute atomic E-state index is 0.286. The van der Waals surface area contributed by atoms with Gasteiger partial charge in [-0.2, -0.15) is 0 Å². The summed E-state index contributed by atoms with van der Waals surface area (Å²) in [5.74, 6) is 1.88. The van der Waals surface area contributed by atoms with E-state index in [0.29, 0.717) is 24.6 Å². The average Bonchev–Trinajstić information content (AvgIpc) is 3.04. The number of aliphatic hydroxyl groups is 1. The van der Waals surface area contributed by atoms with Gasteiger partial charge in [-0.25, -0.2) is 0 Å². The number of likely N-dealkylation sites (N-methyl/N-ethyl adjacent to an activating group) is 1. The Kier molecular flexibility index (Phi) is 8.97. The molecule has 0 bridgehead atoms. The molecule has 0 saturated carbocycles. The zero-order valence-corrected chi connectivity index (χ0v) is 22.5. The van der Waals surface area contributed by atoms with Crippen molar-refractivity contribution in [3.8, 4) is 17.2 Å². The summed E-state index contributed by atoms with van der Waals surface area (Å²) >= 11 is 1.52. The lowest BCUT2D eigenvalue weighted by Gasteiger charge is -2.27. The van der Waals surface area contributed by atoms with Crippen LogP contribution in [0.1, 0.15) is 16.4 Å². The van der Waals surface area contributed by atoms with E-state index in [0.717, 1.165) is 40.4 Å². The number of ether oxygens (including phenoxy) is 3. The van der Waals surface area contributed by atoms with Crippen molar-refractivity contribution in [2.45, 2.75) is 22.7 Å². The molecule has 0 aliphatic carbocycles. The Morgan fingerprint density at radius 1 is 0.919 bits per heavy atom. The van der Waals surface area contributed by atoms with Crippen LogP contribution in [0.5, 0.6) is 17.2 Å². The first-order valence-electron chi connectivity index (χ1n) is 12.2. The maximum Gasteiger partial charge on any atom is 0.257 e. The predicted molar refractivity (Wildman–Crippen MR) is 147 cm³/mol. The molecule has 1 aliphatic rings. The molecule has 0 spiro atoms. The van der Waals surface area contributed by atoms with Crippen molar-refractivity contribution in [2.75, 3.05) is 52.9 Å². The summed E-state index contributed by atoms with van der Waals surface area (Å²) in [6.07, 6.45) is -0.331. The van der Waals surface area contributed by atoms with Crippen LogP contribution in [0.15, 0.2) is 71.6 Å². The van der Waals surface area contributed by atoms with Crippen LogP contribution < -0.4 is 19.1 Å². The van der Waals surface area contributed by atoms with Crippen molar-refractivity contribution in [3.63, 3.8) is 0 Å². The van der Waals surface area contributed by atoms with E-state index in [1.807, 2.05) is 73.8 Å². The van der Waals surface area contributed by atoms with Crippen LogP contribution >= 0.6 is 11.8 Å². The second-order valence-corrected chi connectivity index (χ2v) is 10.1. The summed E-state index contributed by atoms with van der Waals surface area (Å²) in [6, 6.07) is 21.3. The quantitative estimate of drug-likeness (QED) is 0.422. The lowest BCUT2D eigenvalue weighted by Crippen LogP contribution is -2.44. The van der Waals surface area contributed by atoms with E-state index in [1.54, 1.807) is 26.2 Å². The third-order valence-corrected chi connectivity index (χ3v) is 7.98. The highest BCUT2D eigenvalue weighted by molar-refractivity contribution is 7.99. The molecule has 7 nitrogen and oxygen atoms in total. The predicted octanol–water partition coefficient (Wildman–Crippen LogP) is 4.43. The maximum atomic E-state index is 13.5. The highest BCUT2D eigenvalue weighted by atomic mass is 32.2. The Bertz CT molecular complexity index is 1200. The molecule has 1 amide bonds. The average molecular weight is 523 g/mol. The minimum Gasteiger partial charge on any atom is -0.497 e. The van der Waals surface area contributed by atoms with Crippen LogP contribution in [0.2, 0.25) is 0 Å². The van der Waals surface area contributed by atoms with Gasteiger partial charge in [-0.3, -0.25) is 4.79 Å². The van der Waals surface area contributed by atoms with Gasteiger partial charge < -0.3 is 29.1 Å². The van der Waals surface area contributed by atoms with Gasteiger partial charge in [-0.15, -0.1) is 11.8 Å². The van der Waals surface area contributed by atoms with Crippen molar-refractivity contribution in [1.82, 2.24) is 4.90 Å². The molecule has 0 fully saturated rings. The molecule has 3 aromatic carbocycles. The normalized spacial score (nSPS) is 17.4. The number of thioether (sulfide) groups is 1. The number of carbonyl (C=O) groups excluding carboxylic acids is 1. The van der Waals surface area contributed by atoms with Crippen molar-refractivity contribution in [2.24, 2.45) is 0 Å². The van der Waals surface area contributed by atoms with Gasteiger partial charge in [0.15, 0.2) is 11.5 Å². The SMILES string of the molecule is COc1ccc([C@@H]2Sc3ccccc3N(CCN(C)CCc3ccc(OC)c(OC)c3)C(=O)[C@@H]2O)cc1. The van der Waals surface area contributed by atoms with E-state index in [-0.39, 0.29) is 5.91 Å². The number of methoxy groups -OCH3 is 3. The largest absolute Gasteiger partial charge is 0.497 e. The molecule has 0 aromatic heterocycles. The number of carbonyl (C=O) groups is 1. The van der Waals surface area contributed by atoms with Crippen LogP contribution in [0.3, 0.4) is 0 Å². The molecule has 0 radical (unpaired) electrons. The van der Waals surface area contributed by atoms with Gasteiger partial charge in [0.05, 0.1) is 32.3 Å². The number of hydrogen-bond acceptors (Lipinski definition) is 7. The van der Waals surface area contributed by atoms with Gasteiger partial charge in [0.25, 0.3) is 5.91 Å². The number of aliphatic hydroxyl groups excluding tert-OH is 1. The number of nitrogens with zero attached hydrogens (tertiary/aromatic N) is 2. The summed E-state index contributed by atoms with van der Waals surface area (Å²) in [4.78, 5) is 18.4. The number of para-hydroxylation sites is 1. The van der Waals surface area contributed by atoms with E-state index in [9.17, 15) is 9.90 Å². The van der Waals surface area contributed by atoms with E-state index in [2.05, 4.69) is 4.90 Å². The second-order valence-electron chi connectivity index (χ2n) is 8.96. The monoisotopic (exact) mass is 522 g/mol. The summed E-state index contributed by atoms with van der Waals surface area (Å²) in [5, 5.41) is 10.8. The zero-order chi connectivity index (χ0) is 26.4. The highest BCUT2D eigenvalue weighted by Gasteiger charge is 2.37. The minimum atomic E-state index is -1.16. The van der Waals surface area contributed by atoms with Crippen LogP contribution in [-0.4, -0.2) is 70.0 Å². The van der Waals surface area contributed by atoms with Gasteiger partial charge in [0.2, 0.25) is 0 Å². The first-order chi connectivity index (χ1) is 17.9. The Hall–Kier alpha value is -3.20. The van der Waals surface area contributed by atoms with Crippen LogP contribution in [0, 0.1) is 0 Å². The summed E-state index contributed by atoms with van der Waals surface area (Å²) in [5.41, 5.74) is 2.87. The Balaban J connectivity index is 1.45. The molecule has 1 N–H and O–H groups in total. The molecule has 1 aliphatic heterocycles. The second kappa shape index (κ2) is 12.4. The summed E-state index contributed by atoms with van der Waals surface area (Å²) < 4.78 is 16.0. The first-order valence-corrected chi connectivity index (χ1v) is 13.1. The van der Waals surface area contributed by atoms with Gasteiger partial charge in [-0.05, 0) is 61.0 Å². The summed E-state index contributed by atoms with van der Waals surface area (Å²) in [7, 11) is 6.92. The van der Waals surface area contributed by atoms with Gasteiger partial charge in [0, 0.05) is 24.5 Å². The van der Waals surface area contributed by atoms with Crippen LogP contribution in [-0.2, 0) is 11.2 Å². The fraction of sp³-hybridized carbons (Fsp3) is 0.345. The Labute approximate surface area is 222 Å². The lowest BCUT2D eigenvalue weighted by atomic mass is 10.1. The fourth-order valence-electron chi connectivity index (χ4n) is 4.40. The molecule has 4 rings (SSSR count). The lowest BCUT2D eigenvalue weighted by molar-refractivity contribution is -0.126. The molecule has 0 saturated heterocycles. The van der Waals surface area contributed by atoms with E-state index in [1.165, 1.54) is 11.8 Å². The van der Waals surface area contributed by atoms with Crippen molar-refractivity contribution >= 4 is 23.4 Å². The molecule has 1 heterocycles. The number of anilines is 1. The molecule has 3 aromatic rings. The number of amides is 1. The smallest absolute Gasteiger partial charge is 0.257 e. The highest BCUT2D eigenvalue weighted by Crippen LogP contribution is 2.45. The van der Waals surface area contributed by atoms with Crippen molar-refractivity contribution in [1.29, 1.82) is 0 Å².